The van der Waals surface area contributed by atoms with Crippen molar-refractivity contribution >= 4 is 17.2 Å². The predicted molar refractivity (Wildman–Crippen MR) is 74.0 cm³/mol. The fourth-order valence-corrected chi connectivity index (χ4v) is 2.96. The summed E-state index contributed by atoms with van der Waals surface area (Å²) >= 11 is 1.54. The highest BCUT2D eigenvalue weighted by Crippen LogP contribution is 2.43. The van der Waals surface area contributed by atoms with Crippen LogP contribution in [0.25, 0.3) is 0 Å². The Morgan fingerprint density at radius 2 is 2.28 bits per heavy atom. The number of carbonyl (C=O) groups is 1. The molecule has 1 aliphatic rings. The standard InChI is InChI=1S/C14H21NO2S/c1-9(2)17-12-7-11(14(12,3)4)15-13(16)10-5-6-18-8-10/h5-6,8-9,11-12H,7H2,1-4H3,(H,15,16)/t11-,12-/m1/s1. The van der Waals surface area contributed by atoms with E-state index in [4.69, 9.17) is 4.74 Å². The lowest BCUT2D eigenvalue weighted by Gasteiger charge is -2.52. The van der Waals surface area contributed by atoms with Crippen molar-refractivity contribution in [2.45, 2.75) is 52.4 Å². The molecular formula is C14H21NO2S. The maximum atomic E-state index is 12.0. The number of nitrogens with one attached hydrogen (secondary N) is 1. The van der Waals surface area contributed by atoms with E-state index in [0.29, 0.717) is 0 Å². The van der Waals surface area contributed by atoms with E-state index in [1.807, 2.05) is 30.7 Å². The van der Waals surface area contributed by atoms with E-state index in [2.05, 4.69) is 19.2 Å². The second-order valence-electron chi connectivity index (χ2n) is 5.77. The van der Waals surface area contributed by atoms with Crippen LogP contribution in [0.2, 0.25) is 0 Å². The molecule has 0 bridgehead atoms. The van der Waals surface area contributed by atoms with Gasteiger partial charge in [0.05, 0.1) is 12.2 Å². The molecule has 1 N–H and O–H groups in total. The number of carbonyl (C=O) groups excluding carboxylic acids is 1. The summed E-state index contributed by atoms with van der Waals surface area (Å²) in [5, 5.41) is 6.90. The van der Waals surface area contributed by atoms with Gasteiger partial charge in [0.15, 0.2) is 0 Å². The molecule has 1 aliphatic carbocycles. The van der Waals surface area contributed by atoms with E-state index in [1.54, 1.807) is 11.3 Å². The molecule has 0 radical (unpaired) electrons. The number of ether oxygens (including phenoxy) is 1. The summed E-state index contributed by atoms with van der Waals surface area (Å²) in [6.07, 6.45) is 1.38. The number of rotatable bonds is 4. The van der Waals surface area contributed by atoms with Gasteiger partial charge in [0.1, 0.15) is 0 Å². The smallest absolute Gasteiger partial charge is 0.252 e. The molecule has 18 heavy (non-hydrogen) atoms. The van der Waals surface area contributed by atoms with Crippen LogP contribution >= 0.6 is 11.3 Å². The van der Waals surface area contributed by atoms with Crippen LogP contribution in [-0.4, -0.2) is 24.2 Å². The van der Waals surface area contributed by atoms with Gasteiger partial charge >= 0.3 is 0 Å². The summed E-state index contributed by atoms with van der Waals surface area (Å²) in [6.45, 7) is 8.41. The minimum Gasteiger partial charge on any atom is -0.375 e. The topological polar surface area (TPSA) is 38.3 Å². The lowest BCUT2D eigenvalue weighted by atomic mass is 9.64. The molecule has 1 aromatic rings. The predicted octanol–water partition coefficient (Wildman–Crippen LogP) is 3.07. The zero-order valence-electron chi connectivity index (χ0n) is 11.4. The number of amides is 1. The molecule has 2 rings (SSSR count). The molecule has 0 unspecified atom stereocenters. The van der Waals surface area contributed by atoms with Gasteiger partial charge in [0.2, 0.25) is 0 Å². The monoisotopic (exact) mass is 267 g/mol. The highest BCUT2D eigenvalue weighted by Gasteiger charge is 2.50. The van der Waals surface area contributed by atoms with Gasteiger partial charge in [-0.2, -0.15) is 11.3 Å². The fourth-order valence-electron chi connectivity index (χ4n) is 2.33. The Kier molecular flexibility index (Phi) is 3.78. The van der Waals surface area contributed by atoms with Crippen LogP contribution in [0.4, 0.5) is 0 Å². The third-order valence-corrected chi connectivity index (χ3v) is 4.39. The third-order valence-electron chi connectivity index (χ3n) is 3.70. The van der Waals surface area contributed by atoms with Crippen LogP contribution in [0.5, 0.6) is 0 Å². The number of hydrogen-bond acceptors (Lipinski definition) is 3. The molecule has 100 valence electrons. The maximum Gasteiger partial charge on any atom is 0.252 e. The number of thiophene rings is 1. The second kappa shape index (κ2) is 5.02. The number of hydrogen-bond donors (Lipinski definition) is 1. The first-order valence-electron chi connectivity index (χ1n) is 6.39. The summed E-state index contributed by atoms with van der Waals surface area (Å²) in [5.74, 6) is 0.0253. The quantitative estimate of drug-likeness (QED) is 0.910. The highest BCUT2D eigenvalue weighted by molar-refractivity contribution is 7.08. The molecule has 0 saturated heterocycles. The molecule has 1 saturated carbocycles. The van der Waals surface area contributed by atoms with E-state index >= 15 is 0 Å². The molecule has 4 heteroatoms. The van der Waals surface area contributed by atoms with Crippen molar-refractivity contribution in [1.29, 1.82) is 0 Å². The van der Waals surface area contributed by atoms with Crippen LogP contribution in [0, 0.1) is 5.41 Å². The minimum atomic E-state index is 0.00987. The van der Waals surface area contributed by atoms with E-state index in [9.17, 15) is 4.79 Å². The van der Waals surface area contributed by atoms with Crippen molar-refractivity contribution in [1.82, 2.24) is 5.32 Å². The molecular weight excluding hydrogens is 246 g/mol. The summed E-state index contributed by atoms with van der Waals surface area (Å²) in [7, 11) is 0. The minimum absolute atomic E-state index is 0.00987. The van der Waals surface area contributed by atoms with Crippen molar-refractivity contribution in [3.8, 4) is 0 Å². The molecule has 2 atom stereocenters. The average molecular weight is 267 g/mol. The Balaban J connectivity index is 1.91. The molecule has 1 heterocycles. The summed E-state index contributed by atoms with van der Waals surface area (Å²) in [4.78, 5) is 12.0. The first-order chi connectivity index (χ1) is 8.41. The van der Waals surface area contributed by atoms with Gasteiger partial charge in [-0.15, -0.1) is 0 Å². The van der Waals surface area contributed by atoms with Gasteiger partial charge in [-0.05, 0) is 31.7 Å². The van der Waals surface area contributed by atoms with Gasteiger partial charge in [0.25, 0.3) is 5.91 Å². The van der Waals surface area contributed by atoms with Gasteiger partial charge in [-0.3, -0.25) is 4.79 Å². The lowest BCUT2D eigenvalue weighted by Crippen LogP contribution is -2.62. The van der Waals surface area contributed by atoms with Crippen molar-refractivity contribution < 1.29 is 9.53 Å². The molecule has 1 fully saturated rings. The normalized spacial score (nSPS) is 25.8. The molecule has 0 spiro atoms. The third kappa shape index (κ3) is 2.59. The van der Waals surface area contributed by atoms with E-state index in [1.165, 1.54) is 0 Å². The maximum absolute atomic E-state index is 12.0. The van der Waals surface area contributed by atoms with Crippen LogP contribution in [0.1, 0.15) is 44.5 Å². The molecule has 1 amide bonds. The molecule has 0 aromatic carbocycles. The van der Waals surface area contributed by atoms with Gasteiger partial charge in [-0.1, -0.05) is 13.8 Å². The Labute approximate surface area is 113 Å². The van der Waals surface area contributed by atoms with Gasteiger partial charge < -0.3 is 10.1 Å². The van der Waals surface area contributed by atoms with Gasteiger partial charge in [0, 0.05) is 22.4 Å². The zero-order chi connectivity index (χ0) is 13.3. The van der Waals surface area contributed by atoms with Crippen molar-refractivity contribution in [2.24, 2.45) is 5.41 Å². The summed E-state index contributed by atoms with van der Waals surface area (Å²) in [6, 6.07) is 2.06. The SMILES string of the molecule is CC(C)O[C@@H]1C[C@@H](NC(=O)c2ccsc2)C1(C)C. The second-order valence-corrected chi connectivity index (χ2v) is 6.55. The molecule has 0 aliphatic heterocycles. The fraction of sp³-hybridized carbons (Fsp3) is 0.643. The summed E-state index contributed by atoms with van der Waals surface area (Å²) in [5.41, 5.74) is 0.764. The van der Waals surface area contributed by atoms with Crippen LogP contribution in [0.3, 0.4) is 0 Å². The average Bonchev–Trinajstić information content (AvgIpc) is 2.80. The van der Waals surface area contributed by atoms with Crippen LogP contribution in [-0.2, 0) is 4.74 Å². The Morgan fingerprint density at radius 1 is 1.56 bits per heavy atom. The Hall–Kier alpha value is -0.870. The molecule has 1 aromatic heterocycles. The largest absolute Gasteiger partial charge is 0.375 e. The van der Waals surface area contributed by atoms with Crippen molar-refractivity contribution in [2.75, 3.05) is 0 Å². The first-order valence-corrected chi connectivity index (χ1v) is 7.34. The van der Waals surface area contributed by atoms with E-state index in [0.717, 1.165) is 12.0 Å². The summed E-state index contributed by atoms with van der Waals surface area (Å²) < 4.78 is 5.85. The van der Waals surface area contributed by atoms with Gasteiger partial charge in [-0.25, -0.2) is 0 Å². The van der Waals surface area contributed by atoms with Crippen LogP contribution in [0.15, 0.2) is 16.8 Å². The Morgan fingerprint density at radius 3 is 2.78 bits per heavy atom. The van der Waals surface area contributed by atoms with Crippen molar-refractivity contribution in [3.05, 3.63) is 22.4 Å². The lowest BCUT2D eigenvalue weighted by molar-refractivity contribution is -0.136. The first kappa shape index (κ1) is 13.6. The Bertz CT molecular complexity index is 411. The molecule has 3 nitrogen and oxygen atoms in total. The highest BCUT2D eigenvalue weighted by atomic mass is 32.1. The van der Waals surface area contributed by atoms with E-state index < -0.39 is 0 Å². The zero-order valence-corrected chi connectivity index (χ0v) is 12.2. The van der Waals surface area contributed by atoms with Crippen molar-refractivity contribution in [3.63, 3.8) is 0 Å². The van der Waals surface area contributed by atoms with E-state index in [-0.39, 0.29) is 29.6 Å². The van der Waals surface area contributed by atoms with Crippen LogP contribution < -0.4 is 5.32 Å².